The topological polar surface area (TPSA) is 51.2 Å². The molecule has 1 aromatic heterocycles. The monoisotopic (exact) mass is 378 g/mol. The van der Waals surface area contributed by atoms with Gasteiger partial charge in [0.15, 0.2) is 6.61 Å². The quantitative estimate of drug-likeness (QED) is 0.524. The number of benzene rings is 3. The Morgan fingerprint density at radius 1 is 1.04 bits per heavy atom. The third-order valence-electron chi connectivity index (χ3n) is 3.89. The summed E-state index contributed by atoms with van der Waals surface area (Å²) in [7, 11) is 0. The zero-order valence-corrected chi connectivity index (χ0v) is 15.0. The Morgan fingerprint density at radius 2 is 1.85 bits per heavy atom. The summed E-state index contributed by atoms with van der Waals surface area (Å²) in [5.41, 5.74) is 2.43. The smallest absolute Gasteiger partial charge is 0.262 e. The molecular formula is C21H15FN2O2S. The van der Waals surface area contributed by atoms with E-state index >= 15 is 0 Å². The van der Waals surface area contributed by atoms with Crippen molar-refractivity contribution in [3.8, 4) is 16.3 Å². The molecule has 1 N–H and O–H groups in total. The van der Waals surface area contributed by atoms with Crippen LogP contribution in [0.5, 0.6) is 5.75 Å². The molecule has 1 heterocycles. The molecule has 0 radical (unpaired) electrons. The number of fused-ring (bicyclic) bond motifs is 1. The van der Waals surface area contributed by atoms with Crippen LogP contribution < -0.4 is 10.1 Å². The Morgan fingerprint density at radius 3 is 2.70 bits per heavy atom. The van der Waals surface area contributed by atoms with Crippen molar-refractivity contribution in [3.05, 3.63) is 78.6 Å². The molecule has 1 amide bonds. The highest BCUT2D eigenvalue weighted by Crippen LogP contribution is 2.34. The average Bonchev–Trinajstić information content (AvgIpc) is 3.11. The number of anilines is 1. The van der Waals surface area contributed by atoms with E-state index in [1.165, 1.54) is 18.2 Å². The normalized spacial score (nSPS) is 10.7. The maximum Gasteiger partial charge on any atom is 0.262 e. The van der Waals surface area contributed by atoms with Crippen molar-refractivity contribution in [1.29, 1.82) is 0 Å². The first-order valence-corrected chi connectivity index (χ1v) is 9.14. The third kappa shape index (κ3) is 3.96. The molecule has 4 nitrogen and oxygen atoms in total. The summed E-state index contributed by atoms with van der Waals surface area (Å²) >= 11 is 1.57. The molecule has 0 fully saturated rings. The van der Waals surface area contributed by atoms with Crippen LogP contribution in [0, 0.1) is 5.82 Å². The molecule has 0 bridgehead atoms. The zero-order valence-electron chi connectivity index (χ0n) is 14.2. The van der Waals surface area contributed by atoms with Crippen molar-refractivity contribution in [2.45, 2.75) is 0 Å². The number of thiazole rings is 1. The molecule has 3 aromatic carbocycles. The van der Waals surface area contributed by atoms with Gasteiger partial charge in [-0.1, -0.05) is 30.3 Å². The Bertz CT molecular complexity index is 1080. The van der Waals surface area contributed by atoms with Crippen LogP contribution in [0.4, 0.5) is 10.1 Å². The fourth-order valence-corrected chi connectivity index (χ4v) is 3.66. The summed E-state index contributed by atoms with van der Waals surface area (Å²) in [5, 5.41) is 3.68. The van der Waals surface area contributed by atoms with Gasteiger partial charge in [-0.15, -0.1) is 11.3 Å². The minimum atomic E-state index is -0.408. The average molecular weight is 378 g/mol. The third-order valence-corrected chi connectivity index (χ3v) is 4.96. The van der Waals surface area contributed by atoms with E-state index in [4.69, 9.17) is 4.74 Å². The fourth-order valence-electron chi connectivity index (χ4n) is 2.66. The van der Waals surface area contributed by atoms with Gasteiger partial charge in [0, 0.05) is 11.6 Å². The van der Waals surface area contributed by atoms with Gasteiger partial charge in [-0.25, -0.2) is 9.37 Å². The van der Waals surface area contributed by atoms with Crippen LogP contribution in [0.3, 0.4) is 0 Å². The number of aromatic nitrogens is 1. The summed E-state index contributed by atoms with van der Waals surface area (Å²) < 4.78 is 19.6. The number of carbonyl (C=O) groups is 1. The molecule has 134 valence electrons. The van der Waals surface area contributed by atoms with Gasteiger partial charge in [-0.2, -0.15) is 0 Å². The first-order chi connectivity index (χ1) is 13.2. The molecule has 0 aliphatic carbocycles. The Hall–Kier alpha value is -3.25. The number of ether oxygens (including phenoxy) is 1. The first kappa shape index (κ1) is 17.2. The second-order valence-electron chi connectivity index (χ2n) is 5.83. The lowest BCUT2D eigenvalue weighted by Crippen LogP contribution is -2.20. The molecule has 0 saturated carbocycles. The Balaban J connectivity index is 1.51. The summed E-state index contributed by atoms with van der Waals surface area (Å²) in [6.07, 6.45) is 0. The highest BCUT2D eigenvalue weighted by Gasteiger charge is 2.12. The van der Waals surface area contributed by atoms with Gasteiger partial charge in [-0.05, 0) is 36.4 Å². The number of hydrogen-bond donors (Lipinski definition) is 1. The predicted octanol–water partition coefficient (Wildman–Crippen LogP) is 5.12. The standard InChI is InChI=1S/C21H15FN2O2S/c22-14-6-5-7-15(12-14)26-13-20(25)23-17-9-2-1-8-16(17)21-24-18-10-3-4-11-19(18)27-21/h1-12H,13H2,(H,23,25). The molecule has 0 aliphatic rings. The van der Waals surface area contributed by atoms with E-state index in [1.54, 1.807) is 17.4 Å². The van der Waals surface area contributed by atoms with E-state index < -0.39 is 5.82 Å². The number of carbonyl (C=O) groups excluding carboxylic acids is 1. The molecule has 4 aromatic rings. The molecule has 27 heavy (non-hydrogen) atoms. The van der Waals surface area contributed by atoms with Crippen LogP contribution in [-0.4, -0.2) is 17.5 Å². The minimum Gasteiger partial charge on any atom is -0.484 e. The van der Waals surface area contributed by atoms with Crippen LogP contribution in [0.1, 0.15) is 0 Å². The molecule has 0 saturated heterocycles. The van der Waals surface area contributed by atoms with Gasteiger partial charge in [0.1, 0.15) is 16.6 Å². The van der Waals surface area contributed by atoms with Crippen LogP contribution in [0.25, 0.3) is 20.8 Å². The van der Waals surface area contributed by atoms with E-state index in [2.05, 4.69) is 10.3 Å². The van der Waals surface area contributed by atoms with Crippen LogP contribution in [0.2, 0.25) is 0 Å². The SMILES string of the molecule is O=C(COc1cccc(F)c1)Nc1ccccc1-c1nc2ccccc2s1. The highest BCUT2D eigenvalue weighted by atomic mass is 32.1. The van der Waals surface area contributed by atoms with Gasteiger partial charge >= 0.3 is 0 Å². The van der Waals surface area contributed by atoms with Gasteiger partial charge < -0.3 is 10.1 Å². The van der Waals surface area contributed by atoms with Crippen LogP contribution in [-0.2, 0) is 4.79 Å². The van der Waals surface area contributed by atoms with Gasteiger partial charge in [0.05, 0.1) is 15.9 Å². The predicted molar refractivity (Wildman–Crippen MR) is 106 cm³/mol. The molecule has 0 spiro atoms. The van der Waals surface area contributed by atoms with Crippen molar-refractivity contribution in [1.82, 2.24) is 4.98 Å². The second kappa shape index (κ2) is 7.55. The lowest BCUT2D eigenvalue weighted by Gasteiger charge is -2.10. The van der Waals surface area contributed by atoms with Crippen molar-refractivity contribution < 1.29 is 13.9 Å². The number of rotatable bonds is 5. The highest BCUT2D eigenvalue weighted by molar-refractivity contribution is 7.21. The number of amides is 1. The van der Waals surface area contributed by atoms with Gasteiger partial charge in [0.2, 0.25) is 0 Å². The van der Waals surface area contributed by atoms with E-state index in [-0.39, 0.29) is 12.5 Å². The van der Waals surface area contributed by atoms with E-state index in [0.717, 1.165) is 20.8 Å². The summed E-state index contributed by atoms with van der Waals surface area (Å²) in [6, 6.07) is 21.1. The molecule has 6 heteroatoms. The second-order valence-corrected chi connectivity index (χ2v) is 6.86. The first-order valence-electron chi connectivity index (χ1n) is 8.32. The molecule has 0 aliphatic heterocycles. The molecule has 0 atom stereocenters. The van der Waals surface area contributed by atoms with Crippen LogP contribution in [0.15, 0.2) is 72.8 Å². The minimum absolute atomic E-state index is 0.211. The number of halogens is 1. The molecule has 0 unspecified atom stereocenters. The van der Waals surface area contributed by atoms with Gasteiger partial charge in [0.25, 0.3) is 5.91 Å². The number of para-hydroxylation sites is 2. The van der Waals surface area contributed by atoms with Gasteiger partial charge in [-0.3, -0.25) is 4.79 Å². The summed E-state index contributed by atoms with van der Waals surface area (Å²) in [4.78, 5) is 16.9. The van der Waals surface area contributed by atoms with E-state index in [1.807, 2.05) is 48.5 Å². The van der Waals surface area contributed by atoms with Crippen molar-refractivity contribution in [3.63, 3.8) is 0 Å². The summed E-state index contributed by atoms with van der Waals surface area (Å²) in [5.74, 6) is -0.425. The molecule has 4 rings (SSSR count). The lowest BCUT2D eigenvalue weighted by molar-refractivity contribution is -0.118. The number of nitrogens with one attached hydrogen (secondary N) is 1. The maximum absolute atomic E-state index is 13.2. The summed E-state index contributed by atoms with van der Waals surface area (Å²) in [6.45, 7) is -0.211. The Kier molecular flexibility index (Phi) is 4.80. The Labute approximate surface area is 159 Å². The van der Waals surface area contributed by atoms with E-state index in [9.17, 15) is 9.18 Å². The van der Waals surface area contributed by atoms with Crippen LogP contribution >= 0.6 is 11.3 Å². The number of hydrogen-bond acceptors (Lipinski definition) is 4. The number of nitrogens with zero attached hydrogens (tertiary/aromatic N) is 1. The fraction of sp³-hybridized carbons (Fsp3) is 0.0476. The maximum atomic E-state index is 13.2. The van der Waals surface area contributed by atoms with Crippen molar-refractivity contribution in [2.24, 2.45) is 0 Å². The largest absolute Gasteiger partial charge is 0.484 e. The lowest BCUT2D eigenvalue weighted by atomic mass is 10.2. The van der Waals surface area contributed by atoms with Crippen molar-refractivity contribution >= 4 is 33.1 Å². The van der Waals surface area contributed by atoms with E-state index in [0.29, 0.717) is 11.4 Å². The van der Waals surface area contributed by atoms with Crippen molar-refractivity contribution in [2.75, 3.05) is 11.9 Å². The zero-order chi connectivity index (χ0) is 18.6. The molecular weight excluding hydrogens is 363 g/mol.